The van der Waals surface area contributed by atoms with Crippen LogP contribution in [0.25, 0.3) is 0 Å². The first-order valence-corrected chi connectivity index (χ1v) is 8.51. The van der Waals surface area contributed by atoms with Gasteiger partial charge in [0.1, 0.15) is 6.04 Å². The number of hydrogen-bond acceptors (Lipinski definition) is 3. The number of carbonyl (C=O) groups is 1. The molecule has 3 rings (SSSR count). The van der Waals surface area contributed by atoms with E-state index in [9.17, 15) is 4.79 Å². The number of anilines is 1. The highest BCUT2D eigenvalue weighted by Gasteiger charge is 2.31. The lowest BCUT2D eigenvalue weighted by Crippen LogP contribution is -2.44. The average molecular weight is 352 g/mol. The summed E-state index contributed by atoms with van der Waals surface area (Å²) in [4.78, 5) is 14.7. The zero-order valence-corrected chi connectivity index (χ0v) is 13.9. The van der Waals surface area contributed by atoms with Gasteiger partial charge in [-0.25, -0.2) is 0 Å². The summed E-state index contributed by atoms with van der Waals surface area (Å²) in [7, 11) is 0. The van der Waals surface area contributed by atoms with Crippen LogP contribution < -0.4 is 10.6 Å². The van der Waals surface area contributed by atoms with E-state index in [1.54, 1.807) is 0 Å². The second kappa shape index (κ2) is 6.46. The molecule has 0 aromatic heterocycles. The van der Waals surface area contributed by atoms with Gasteiger partial charge in [-0.1, -0.05) is 28.4 Å². The first kappa shape index (κ1) is 15.0. The van der Waals surface area contributed by atoms with Gasteiger partial charge < -0.3 is 10.2 Å². The quantitative estimate of drug-likeness (QED) is 0.876. The van der Waals surface area contributed by atoms with E-state index in [1.807, 2.05) is 18.2 Å². The molecule has 0 aliphatic carbocycles. The summed E-state index contributed by atoms with van der Waals surface area (Å²) in [5.41, 5.74) is 1.96. The molecule has 1 aromatic rings. The largest absolute Gasteiger partial charge is 0.324 e. The molecule has 2 heterocycles. The third-order valence-electron chi connectivity index (χ3n) is 4.28. The monoisotopic (exact) mass is 351 g/mol. The zero-order chi connectivity index (χ0) is 14.8. The van der Waals surface area contributed by atoms with E-state index in [4.69, 9.17) is 0 Å². The van der Waals surface area contributed by atoms with Crippen LogP contribution in [0.4, 0.5) is 5.69 Å². The molecule has 0 radical (unpaired) electrons. The number of nitrogens with zero attached hydrogens (tertiary/aromatic N) is 1. The van der Waals surface area contributed by atoms with E-state index in [0.717, 1.165) is 22.3 Å². The lowest BCUT2D eigenvalue weighted by molar-refractivity contribution is -0.117. The molecule has 2 unspecified atom stereocenters. The van der Waals surface area contributed by atoms with Gasteiger partial charge in [-0.2, -0.15) is 0 Å². The summed E-state index contributed by atoms with van der Waals surface area (Å²) >= 11 is 3.44. The van der Waals surface area contributed by atoms with Crippen LogP contribution in [0, 0.1) is 0 Å². The Morgan fingerprint density at radius 2 is 2.14 bits per heavy atom. The van der Waals surface area contributed by atoms with Gasteiger partial charge in [0.2, 0.25) is 5.91 Å². The maximum Gasteiger partial charge on any atom is 0.246 e. The van der Waals surface area contributed by atoms with Gasteiger partial charge in [0.15, 0.2) is 0 Å². The molecule has 2 aliphatic heterocycles. The molecule has 2 atom stereocenters. The minimum atomic E-state index is -0.229. The summed E-state index contributed by atoms with van der Waals surface area (Å²) in [5.74, 6) is 0.0496. The number of hydrogen-bond donors (Lipinski definition) is 2. The number of carbonyl (C=O) groups excluding carboxylic acids is 1. The second-order valence-electron chi connectivity index (χ2n) is 6.08. The van der Waals surface area contributed by atoms with Crippen LogP contribution >= 0.6 is 15.9 Å². The minimum Gasteiger partial charge on any atom is -0.324 e. The normalized spacial score (nSPS) is 23.7. The number of benzene rings is 1. The lowest BCUT2D eigenvalue weighted by atomic mass is 10.1. The molecule has 1 fully saturated rings. The molecule has 0 saturated carbocycles. The molecule has 4 nitrogen and oxygen atoms in total. The standard InChI is InChI=1S/C16H22BrN3O/c1-11(10-20-7-3-2-4-8-20)18-15-13-6-5-12(17)9-14(13)19-16(15)21/h5-6,9,11,15,18H,2-4,7-8,10H2,1H3,(H,19,21). The van der Waals surface area contributed by atoms with Crippen molar-refractivity contribution in [2.24, 2.45) is 0 Å². The number of piperidine rings is 1. The first-order chi connectivity index (χ1) is 10.1. The Labute approximate surface area is 134 Å². The van der Waals surface area contributed by atoms with Crippen molar-refractivity contribution in [3.8, 4) is 0 Å². The molecular formula is C16H22BrN3O. The molecule has 0 bridgehead atoms. The summed E-state index contributed by atoms with van der Waals surface area (Å²) in [6, 6.07) is 6.04. The summed E-state index contributed by atoms with van der Waals surface area (Å²) < 4.78 is 0.989. The molecule has 5 heteroatoms. The van der Waals surface area contributed by atoms with E-state index in [1.165, 1.54) is 32.4 Å². The Balaban J connectivity index is 1.63. The predicted octanol–water partition coefficient (Wildman–Crippen LogP) is 2.91. The third kappa shape index (κ3) is 3.47. The van der Waals surface area contributed by atoms with Gasteiger partial charge in [0, 0.05) is 28.3 Å². The summed E-state index contributed by atoms with van der Waals surface area (Å²) in [6.07, 6.45) is 3.95. The van der Waals surface area contributed by atoms with E-state index < -0.39 is 0 Å². The van der Waals surface area contributed by atoms with Crippen LogP contribution in [0.1, 0.15) is 37.8 Å². The highest BCUT2D eigenvalue weighted by Crippen LogP contribution is 2.33. The summed E-state index contributed by atoms with van der Waals surface area (Å²) in [6.45, 7) is 5.55. The van der Waals surface area contributed by atoms with Crippen molar-refractivity contribution in [2.45, 2.75) is 38.3 Å². The maximum atomic E-state index is 12.2. The number of rotatable bonds is 4. The molecule has 21 heavy (non-hydrogen) atoms. The van der Waals surface area contributed by atoms with Gasteiger partial charge in [-0.15, -0.1) is 0 Å². The van der Waals surface area contributed by atoms with Crippen LogP contribution in [-0.4, -0.2) is 36.5 Å². The van der Waals surface area contributed by atoms with E-state index in [2.05, 4.69) is 38.4 Å². The van der Waals surface area contributed by atoms with Crippen molar-refractivity contribution in [1.29, 1.82) is 0 Å². The Morgan fingerprint density at radius 1 is 1.38 bits per heavy atom. The fourth-order valence-electron chi connectivity index (χ4n) is 3.27. The van der Waals surface area contributed by atoms with E-state index in [-0.39, 0.29) is 11.9 Å². The molecule has 2 aliphatic rings. The lowest BCUT2D eigenvalue weighted by Gasteiger charge is -2.30. The van der Waals surface area contributed by atoms with Crippen molar-refractivity contribution in [2.75, 3.05) is 25.0 Å². The van der Waals surface area contributed by atoms with Crippen molar-refractivity contribution < 1.29 is 4.79 Å². The first-order valence-electron chi connectivity index (χ1n) is 7.72. The number of fused-ring (bicyclic) bond motifs is 1. The predicted molar refractivity (Wildman–Crippen MR) is 88.4 cm³/mol. The van der Waals surface area contributed by atoms with Crippen LogP contribution in [0.3, 0.4) is 0 Å². The number of nitrogens with one attached hydrogen (secondary N) is 2. The second-order valence-corrected chi connectivity index (χ2v) is 7.00. The number of likely N-dealkylation sites (tertiary alicyclic amines) is 1. The minimum absolute atomic E-state index is 0.0496. The highest BCUT2D eigenvalue weighted by molar-refractivity contribution is 9.10. The van der Waals surface area contributed by atoms with Gasteiger partial charge >= 0.3 is 0 Å². The van der Waals surface area contributed by atoms with Gasteiger partial charge in [0.05, 0.1) is 0 Å². The van der Waals surface area contributed by atoms with E-state index >= 15 is 0 Å². The Kier molecular flexibility index (Phi) is 4.62. The Morgan fingerprint density at radius 3 is 2.90 bits per heavy atom. The topological polar surface area (TPSA) is 44.4 Å². The average Bonchev–Trinajstić information content (AvgIpc) is 2.75. The van der Waals surface area contributed by atoms with Crippen LogP contribution in [0.2, 0.25) is 0 Å². The molecule has 114 valence electrons. The van der Waals surface area contributed by atoms with Crippen LogP contribution in [-0.2, 0) is 4.79 Å². The molecule has 1 aromatic carbocycles. The molecule has 0 spiro atoms. The molecule has 2 N–H and O–H groups in total. The third-order valence-corrected chi connectivity index (χ3v) is 4.77. The fourth-order valence-corrected chi connectivity index (χ4v) is 3.63. The summed E-state index contributed by atoms with van der Waals surface area (Å²) in [5, 5.41) is 6.43. The van der Waals surface area contributed by atoms with Gasteiger partial charge in [-0.3, -0.25) is 10.1 Å². The van der Waals surface area contributed by atoms with Crippen molar-refractivity contribution >= 4 is 27.5 Å². The number of halogens is 1. The Hall–Kier alpha value is -0.910. The smallest absolute Gasteiger partial charge is 0.246 e. The van der Waals surface area contributed by atoms with Gasteiger partial charge in [0.25, 0.3) is 0 Å². The maximum absolute atomic E-state index is 12.2. The molecule has 1 amide bonds. The highest BCUT2D eigenvalue weighted by atomic mass is 79.9. The van der Waals surface area contributed by atoms with Crippen molar-refractivity contribution in [1.82, 2.24) is 10.2 Å². The zero-order valence-electron chi connectivity index (χ0n) is 12.4. The molecular weight excluding hydrogens is 330 g/mol. The van der Waals surface area contributed by atoms with Crippen LogP contribution in [0.5, 0.6) is 0 Å². The SMILES string of the molecule is CC(CN1CCCCC1)NC1C(=O)Nc2cc(Br)ccc21. The van der Waals surface area contributed by atoms with Gasteiger partial charge in [-0.05, 0) is 45.0 Å². The van der Waals surface area contributed by atoms with E-state index in [0.29, 0.717) is 6.04 Å². The van der Waals surface area contributed by atoms with Crippen molar-refractivity contribution in [3.05, 3.63) is 28.2 Å². The Bertz CT molecular complexity index is 528. The number of amides is 1. The van der Waals surface area contributed by atoms with Crippen molar-refractivity contribution in [3.63, 3.8) is 0 Å². The molecule has 1 saturated heterocycles. The fraction of sp³-hybridized carbons (Fsp3) is 0.562. The van der Waals surface area contributed by atoms with Crippen LogP contribution in [0.15, 0.2) is 22.7 Å².